The predicted molar refractivity (Wildman–Crippen MR) is 218 cm³/mol. The number of benzene rings is 4. The molecule has 4 aliphatic rings. The van der Waals surface area contributed by atoms with Crippen LogP contribution in [0.15, 0.2) is 65.1 Å². The van der Waals surface area contributed by atoms with E-state index in [1.165, 1.54) is 6.07 Å². The first-order chi connectivity index (χ1) is 28.9. The van der Waals surface area contributed by atoms with Crippen molar-refractivity contribution in [1.82, 2.24) is 4.90 Å². The maximum absolute atomic E-state index is 14.4. The van der Waals surface area contributed by atoms with Crippen LogP contribution in [0.3, 0.4) is 0 Å². The van der Waals surface area contributed by atoms with Crippen molar-refractivity contribution in [2.24, 2.45) is 17.8 Å². The molecule has 4 aromatic carbocycles. The van der Waals surface area contributed by atoms with E-state index in [1.54, 1.807) is 12.1 Å². The third kappa shape index (κ3) is 9.97. The first-order valence-electron chi connectivity index (χ1n) is 20.9. The molecule has 2 aliphatic heterocycles. The lowest BCUT2D eigenvalue weighted by Crippen LogP contribution is -2.45. The molecule has 4 fully saturated rings. The van der Waals surface area contributed by atoms with Gasteiger partial charge in [-0.3, -0.25) is 14.5 Å². The van der Waals surface area contributed by atoms with Gasteiger partial charge in [0.15, 0.2) is 6.29 Å². The van der Waals surface area contributed by atoms with Crippen LogP contribution in [0.5, 0.6) is 11.5 Å². The van der Waals surface area contributed by atoms with E-state index in [-0.39, 0.29) is 80.0 Å². The largest absolute Gasteiger partial charge is 0.490 e. The number of carboxylic acid groups (broad SMARTS) is 1. The summed E-state index contributed by atoms with van der Waals surface area (Å²) < 4.78 is 119. The molecule has 2 saturated heterocycles. The van der Waals surface area contributed by atoms with E-state index in [0.29, 0.717) is 52.2 Å². The Morgan fingerprint density at radius 1 is 0.754 bits per heavy atom. The Morgan fingerprint density at radius 3 is 1.85 bits per heavy atom. The third-order valence-corrected chi connectivity index (χ3v) is 13.9. The summed E-state index contributed by atoms with van der Waals surface area (Å²) >= 11 is 3.42. The average molecular weight is 927 g/mol. The summed E-state index contributed by atoms with van der Waals surface area (Å²) in [5.74, 6) is -3.25. The number of aliphatic carboxylic acids is 1. The summed E-state index contributed by atoms with van der Waals surface area (Å²) in [6, 6.07) is 18.3. The van der Waals surface area contributed by atoms with Crippen molar-refractivity contribution >= 4 is 49.7 Å². The summed E-state index contributed by atoms with van der Waals surface area (Å²) in [6.07, 6.45) is -7.18. The van der Waals surface area contributed by atoms with E-state index in [4.69, 9.17) is 9.47 Å². The van der Waals surface area contributed by atoms with Gasteiger partial charge in [0.2, 0.25) is 0 Å². The molecule has 2 bridgehead atoms. The van der Waals surface area contributed by atoms with E-state index in [0.717, 1.165) is 35.5 Å². The number of halogens is 9. The predicted octanol–water partition coefficient (Wildman–Crippen LogP) is 13.6. The topological polar surface area (TPSA) is 76.1 Å². The number of alkyl halides is 8. The SMILES string of the molecule is CC(c1ccc2ccc(O[C@H]3CC[C@@H](C(F)(F)F)CC3)c(C(F)F)c2c1)N1C2CCC1CC(C(=O)O)C2.O=Cc1c(O[C@H]2CC[C@@H](C(F)(F)F)CC2)c(Br)cc2ccccc12. The highest BCUT2D eigenvalue weighted by Gasteiger charge is 2.46. The van der Waals surface area contributed by atoms with Gasteiger partial charge in [0.1, 0.15) is 11.5 Å². The van der Waals surface area contributed by atoms with Gasteiger partial charge in [-0.25, -0.2) is 8.78 Å². The van der Waals surface area contributed by atoms with Gasteiger partial charge in [-0.2, -0.15) is 26.3 Å². The Labute approximate surface area is 357 Å². The summed E-state index contributed by atoms with van der Waals surface area (Å²) in [7, 11) is 0. The number of hydrogen-bond acceptors (Lipinski definition) is 5. The van der Waals surface area contributed by atoms with Gasteiger partial charge in [-0.1, -0.05) is 42.5 Å². The van der Waals surface area contributed by atoms with Crippen molar-refractivity contribution in [3.63, 3.8) is 0 Å². The Balaban J connectivity index is 0.000000202. The van der Waals surface area contributed by atoms with Crippen LogP contribution in [0, 0.1) is 17.8 Å². The molecular formula is C46H48BrF8NO5. The van der Waals surface area contributed by atoms with Crippen molar-refractivity contribution in [2.75, 3.05) is 0 Å². The van der Waals surface area contributed by atoms with E-state index >= 15 is 0 Å². The third-order valence-electron chi connectivity index (χ3n) is 13.3. The van der Waals surface area contributed by atoms with E-state index in [9.17, 15) is 49.8 Å². The van der Waals surface area contributed by atoms with Crippen molar-refractivity contribution in [1.29, 1.82) is 0 Å². The molecule has 2 heterocycles. The van der Waals surface area contributed by atoms with Gasteiger partial charge in [0.25, 0.3) is 6.43 Å². The summed E-state index contributed by atoms with van der Waals surface area (Å²) in [5, 5.41) is 12.2. The molecule has 2 aliphatic carbocycles. The number of aldehydes is 1. The fourth-order valence-corrected chi connectivity index (χ4v) is 10.6. The minimum absolute atomic E-state index is 0.0325. The highest BCUT2D eigenvalue weighted by Crippen LogP contribution is 2.46. The number of fused-ring (bicyclic) bond motifs is 4. The van der Waals surface area contributed by atoms with Crippen molar-refractivity contribution in [2.45, 2.75) is 133 Å². The Hall–Kier alpha value is -3.98. The second-order valence-electron chi connectivity index (χ2n) is 17.0. The Bertz CT molecular complexity index is 2190. The number of piperidine rings is 1. The molecule has 15 heteroatoms. The van der Waals surface area contributed by atoms with Crippen molar-refractivity contribution < 1.29 is 59.3 Å². The van der Waals surface area contributed by atoms with Crippen molar-refractivity contribution in [3.05, 3.63) is 81.8 Å². The molecule has 0 spiro atoms. The summed E-state index contributed by atoms with van der Waals surface area (Å²) in [5.41, 5.74) is 1.08. The molecule has 4 aromatic rings. The number of carbonyl (C=O) groups excluding carboxylic acids is 1. The second kappa shape index (κ2) is 18.4. The molecule has 0 radical (unpaired) electrons. The molecule has 0 aromatic heterocycles. The number of nitrogens with zero attached hydrogens (tertiary/aromatic N) is 1. The molecule has 61 heavy (non-hydrogen) atoms. The van der Waals surface area contributed by atoms with E-state index in [1.807, 2.05) is 49.4 Å². The number of rotatable bonds is 9. The van der Waals surface area contributed by atoms with Gasteiger partial charge < -0.3 is 14.6 Å². The van der Waals surface area contributed by atoms with Gasteiger partial charge >= 0.3 is 18.3 Å². The summed E-state index contributed by atoms with van der Waals surface area (Å²) in [4.78, 5) is 25.5. The minimum atomic E-state index is -4.24. The van der Waals surface area contributed by atoms with Crippen LogP contribution in [0.25, 0.3) is 21.5 Å². The monoisotopic (exact) mass is 925 g/mol. The number of ether oxygens (including phenoxy) is 2. The van der Waals surface area contributed by atoms with E-state index < -0.39 is 42.7 Å². The zero-order chi connectivity index (χ0) is 43.8. The zero-order valence-corrected chi connectivity index (χ0v) is 35.0. The zero-order valence-electron chi connectivity index (χ0n) is 33.5. The highest BCUT2D eigenvalue weighted by molar-refractivity contribution is 9.10. The fourth-order valence-electron chi connectivity index (χ4n) is 10.1. The number of carboxylic acids is 1. The molecule has 2 saturated carbocycles. The van der Waals surface area contributed by atoms with Crippen LogP contribution >= 0.6 is 15.9 Å². The maximum Gasteiger partial charge on any atom is 0.391 e. The van der Waals surface area contributed by atoms with Gasteiger partial charge in [0.05, 0.1) is 45.6 Å². The maximum atomic E-state index is 14.4. The Morgan fingerprint density at radius 2 is 1.31 bits per heavy atom. The lowest BCUT2D eigenvalue weighted by molar-refractivity contribution is -0.186. The smallest absolute Gasteiger partial charge is 0.391 e. The highest BCUT2D eigenvalue weighted by atomic mass is 79.9. The van der Waals surface area contributed by atoms with Crippen LogP contribution in [0.2, 0.25) is 0 Å². The Kier molecular flexibility index (Phi) is 13.6. The summed E-state index contributed by atoms with van der Waals surface area (Å²) in [6.45, 7) is 2.04. The first-order valence-corrected chi connectivity index (χ1v) is 21.7. The first kappa shape index (κ1) is 45.1. The average Bonchev–Trinajstić information content (AvgIpc) is 3.48. The molecule has 6 nitrogen and oxygen atoms in total. The standard InChI is InChI=1S/C28H32F5NO3.C18H16BrF3O2/c1-15(34-20-7-8-21(34)13-18(12-20)27(35)36)17-3-2-16-4-11-24(25(26(29)30)23(16)14-17)37-22-9-5-19(6-10-22)28(31,32)33;19-16-9-11-3-1-2-4-14(11)15(10-23)17(16)24-13-7-5-12(6-8-13)18(20,21)22/h2-4,11,14-15,18-22,26H,5-10,12-13H2,1H3,(H,35,36);1-4,9-10,12-13H,5-8H2/t15?,18?,19-,20?,21?,22+;12-,13+. The number of hydrogen-bond donors (Lipinski definition) is 1. The van der Waals surface area contributed by atoms with Gasteiger partial charge in [-0.15, -0.1) is 0 Å². The van der Waals surface area contributed by atoms with Crippen LogP contribution in [0.4, 0.5) is 35.1 Å². The van der Waals surface area contributed by atoms with Gasteiger partial charge in [-0.05, 0) is 145 Å². The molecule has 1 N–H and O–H groups in total. The molecular weight excluding hydrogens is 878 g/mol. The van der Waals surface area contributed by atoms with Crippen molar-refractivity contribution in [3.8, 4) is 11.5 Å². The lowest BCUT2D eigenvalue weighted by Gasteiger charge is -2.41. The van der Waals surface area contributed by atoms with Gasteiger partial charge in [0, 0.05) is 18.1 Å². The van der Waals surface area contributed by atoms with Crippen LogP contribution in [-0.2, 0) is 4.79 Å². The van der Waals surface area contributed by atoms with Crippen LogP contribution < -0.4 is 9.47 Å². The quantitative estimate of drug-likeness (QED) is 0.133. The van der Waals surface area contributed by atoms with Crippen LogP contribution in [0.1, 0.15) is 118 Å². The molecule has 3 unspecified atom stereocenters. The molecule has 3 atom stereocenters. The lowest BCUT2D eigenvalue weighted by atomic mass is 9.87. The molecule has 8 rings (SSSR count). The van der Waals surface area contributed by atoms with E-state index in [2.05, 4.69) is 20.8 Å². The second-order valence-corrected chi connectivity index (χ2v) is 17.8. The number of carbonyl (C=O) groups is 2. The molecule has 0 amide bonds. The fraction of sp³-hybridized carbons (Fsp3) is 0.522. The van der Waals surface area contributed by atoms with Crippen LogP contribution in [-0.4, -0.2) is 58.9 Å². The molecule has 330 valence electrons. The minimum Gasteiger partial charge on any atom is -0.490 e. The normalized spacial score (nSPS) is 26.4.